The van der Waals surface area contributed by atoms with Crippen LogP contribution in [0.25, 0.3) is 0 Å². The third-order valence-electron chi connectivity index (χ3n) is 2.67. The molecular formula is C14H17N3O. The van der Waals surface area contributed by atoms with Gasteiger partial charge in [0, 0.05) is 18.4 Å². The van der Waals surface area contributed by atoms with E-state index < -0.39 is 0 Å². The first-order valence-corrected chi connectivity index (χ1v) is 6.07. The Bertz CT molecular complexity index is 487. The zero-order chi connectivity index (χ0) is 12.8. The van der Waals surface area contributed by atoms with Crippen molar-refractivity contribution in [2.45, 2.75) is 25.8 Å². The third-order valence-corrected chi connectivity index (χ3v) is 2.67. The lowest BCUT2D eigenvalue weighted by Gasteiger charge is -2.10. The molecule has 2 aromatic rings. The van der Waals surface area contributed by atoms with Crippen LogP contribution in [0, 0.1) is 0 Å². The molecule has 1 unspecified atom stereocenters. The van der Waals surface area contributed by atoms with Crippen molar-refractivity contribution >= 4 is 0 Å². The van der Waals surface area contributed by atoms with Gasteiger partial charge in [-0.1, -0.05) is 19.1 Å². The van der Waals surface area contributed by atoms with Crippen molar-refractivity contribution in [3.63, 3.8) is 0 Å². The highest BCUT2D eigenvalue weighted by Crippen LogP contribution is 2.19. The number of nitrogens with two attached hydrogens (primary N) is 1. The maximum Gasteiger partial charge on any atom is 0.321 e. The summed E-state index contributed by atoms with van der Waals surface area (Å²) in [6.07, 6.45) is 5.12. The minimum atomic E-state index is 0.188. The van der Waals surface area contributed by atoms with E-state index in [0.29, 0.717) is 6.01 Å². The molecular weight excluding hydrogens is 226 g/mol. The zero-order valence-corrected chi connectivity index (χ0v) is 10.4. The lowest BCUT2D eigenvalue weighted by Crippen LogP contribution is -2.21. The van der Waals surface area contributed by atoms with Gasteiger partial charge in [-0.05, 0) is 36.6 Å². The summed E-state index contributed by atoms with van der Waals surface area (Å²) in [5.41, 5.74) is 7.11. The summed E-state index contributed by atoms with van der Waals surface area (Å²) in [7, 11) is 0. The van der Waals surface area contributed by atoms with Crippen molar-refractivity contribution < 1.29 is 4.74 Å². The number of ether oxygens (including phenoxy) is 1. The van der Waals surface area contributed by atoms with E-state index >= 15 is 0 Å². The van der Waals surface area contributed by atoms with Crippen LogP contribution in [-0.4, -0.2) is 16.0 Å². The molecule has 1 aromatic carbocycles. The van der Waals surface area contributed by atoms with E-state index in [2.05, 4.69) is 16.9 Å². The Labute approximate surface area is 107 Å². The summed E-state index contributed by atoms with van der Waals surface area (Å²) >= 11 is 0. The average Bonchev–Trinajstić information content (AvgIpc) is 2.40. The topological polar surface area (TPSA) is 61.0 Å². The molecule has 2 N–H and O–H groups in total. The summed E-state index contributed by atoms with van der Waals surface area (Å²) in [6, 6.07) is 10.2. The predicted molar refractivity (Wildman–Crippen MR) is 70.5 cm³/mol. The monoisotopic (exact) mass is 243 g/mol. The first-order valence-electron chi connectivity index (χ1n) is 6.07. The molecule has 0 fully saturated rings. The van der Waals surface area contributed by atoms with Gasteiger partial charge >= 0.3 is 6.01 Å². The van der Waals surface area contributed by atoms with Crippen LogP contribution in [-0.2, 0) is 6.42 Å². The third kappa shape index (κ3) is 3.53. The number of rotatable bonds is 5. The molecule has 0 saturated heterocycles. The first kappa shape index (κ1) is 12.5. The molecule has 1 atom stereocenters. The van der Waals surface area contributed by atoms with Gasteiger partial charge in [0.05, 0.1) is 0 Å². The van der Waals surface area contributed by atoms with Crippen LogP contribution in [0.15, 0.2) is 42.7 Å². The average molecular weight is 243 g/mol. The van der Waals surface area contributed by atoms with Crippen molar-refractivity contribution in [1.82, 2.24) is 9.97 Å². The van der Waals surface area contributed by atoms with Gasteiger partial charge < -0.3 is 10.5 Å². The molecule has 0 aliphatic rings. The highest BCUT2D eigenvalue weighted by Gasteiger charge is 2.04. The molecule has 94 valence electrons. The Morgan fingerprint density at radius 3 is 2.72 bits per heavy atom. The number of benzene rings is 1. The normalized spacial score (nSPS) is 12.1. The van der Waals surface area contributed by atoms with Crippen LogP contribution in [0.5, 0.6) is 11.8 Å². The highest BCUT2D eigenvalue weighted by atomic mass is 16.5. The van der Waals surface area contributed by atoms with Gasteiger partial charge in [0.1, 0.15) is 5.75 Å². The fourth-order valence-corrected chi connectivity index (χ4v) is 1.63. The van der Waals surface area contributed by atoms with Crippen LogP contribution < -0.4 is 10.5 Å². The van der Waals surface area contributed by atoms with Crippen LogP contribution in [0.3, 0.4) is 0 Å². The number of aromatic nitrogens is 2. The molecule has 1 heterocycles. The Morgan fingerprint density at radius 1 is 1.22 bits per heavy atom. The van der Waals surface area contributed by atoms with Gasteiger partial charge in [-0.25, -0.2) is 9.97 Å². The summed E-state index contributed by atoms with van der Waals surface area (Å²) in [4.78, 5) is 8.05. The fourth-order valence-electron chi connectivity index (χ4n) is 1.63. The van der Waals surface area contributed by atoms with Gasteiger partial charge in [0.15, 0.2) is 0 Å². The molecule has 0 radical (unpaired) electrons. The van der Waals surface area contributed by atoms with Crippen LogP contribution in [0.4, 0.5) is 0 Å². The van der Waals surface area contributed by atoms with Crippen LogP contribution in [0.2, 0.25) is 0 Å². The molecule has 4 heteroatoms. The molecule has 2 rings (SSSR count). The summed E-state index contributed by atoms with van der Waals surface area (Å²) < 4.78 is 5.57. The minimum absolute atomic E-state index is 0.188. The Kier molecular flexibility index (Phi) is 4.25. The molecule has 0 amide bonds. The SMILES string of the molecule is CCC(N)Cc1cccc(Oc2ncccn2)c1. The van der Waals surface area contributed by atoms with E-state index in [1.54, 1.807) is 18.5 Å². The lowest BCUT2D eigenvalue weighted by atomic mass is 10.0. The Balaban J connectivity index is 2.08. The Hall–Kier alpha value is -1.94. The van der Waals surface area contributed by atoms with E-state index in [-0.39, 0.29) is 6.04 Å². The maximum absolute atomic E-state index is 5.94. The van der Waals surface area contributed by atoms with Gasteiger partial charge in [0.2, 0.25) is 0 Å². The number of hydrogen-bond acceptors (Lipinski definition) is 4. The molecule has 0 bridgehead atoms. The van der Waals surface area contributed by atoms with Crippen molar-refractivity contribution in [2.75, 3.05) is 0 Å². The molecule has 0 aliphatic carbocycles. The highest BCUT2D eigenvalue weighted by molar-refractivity contribution is 5.30. The van der Waals surface area contributed by atoms with Crippen LogP contribution >= 0.6 is 0 Å². The van der Waals surface area contributed by atoms with E-state index in [0.717, 1.165) is 24.2 Å². The maximum atomic E-state index is 5.94. The second-order valence-corrected chi connectivity index (χ2v) is 4.15. The van der Waals surface area contributed by atoms with Gasteiger partial charge in [0.25, 0.3) is 0 Å². The number of hydrogen-bond donors (Lipinski definition) is 1. The van der Waals surface area contributed by atoms with Crippen molar-refractivity contribution in [3.8, 4) is 11.8 Å². The van der Waals surface area contributed by atoms with Gasteiger partial charge in [-0.15, -0.1) is 0 Å². The second kappa shape index (κ2) is 6.12. The quantitative estimate of drug-likeness (QED) is 0.876. The van der Waals surface area contributed by atoms with E-state index in [1.807, 2.05) is 24.3 Å². The van der Waals surface area contributed by atoms with Gasteiger partial charge in [-0.2, -0.15) is 0 Å². The van der Waals surface area contributed by atoms with Crippen molar-refractivity contribution in [1.29, 1.82) is 0 Å². The molecule has 0 aliphatic heterocycles. The summed E-state index contributed by atoms with van der Waals surface area (Å²) in [5, 5.41) is 0. The van der Waals surface area contributed by atoms with E-state index in [9.17, 15) is 0 Å². The summed E-state index contributed by atoms with van der Waals surface area (Å²) in [6.45, 7) is 2.09. The minimum Gasteiger partial charge on any atom is -0.424 e. The van der Waals surface area contributed by atoms with E-state index in [1.165, 1.54) is 0 Å². The standard InChI is InChI=1S/C14H17N3O/c1-2-12(15)9-11-5-3-6-13(10-11)18-14-16-7-4-8-17-14/h3-8,10,12H,2,9,15H2,1H3. The second-order valence-electron chi connectivity index (χ2n) is 4.15. The lowest BCUT2D eigenvalue weighted by molar-refractivity contribution is 0.441. The largest absolute Gasteiger partial charge is 0.424 e. The number of nitrogens with zero attached hydrogens (tertiary/aromatic N) is 2. The van der Waals surface area contributed by atoms with Crippen molar-refractivity contribution in [3.05, 3.63) is 48.3 Å². The molecule has 4 nitrogen and oxygen atoms in total. The molecule has 18 heavy (non-hydrogen) atoms. The predicted octanol–water partition coefficient (Wildman–Crippen LogP) is 2.55. The Morgan fingerprint density at radius 2 is 2.00 bits per heavy atom. The first-order chi connectivity index (χ1) is 8.78. The smallest absolute Gasteiger partial charge is 0.321 e. The van der Waals surface area contributed by atoms with E-state index in [4.69, 9.17) is 10.5 Å². The summed E-state index contributed by atoms with van der Waals surface area (Å²) in [5.74, 6) is 0.738. The molecule has 0 saturated carbocycles. The van der Waals surface area contributed by atoms with Gasteiger partial charge in [-0.3, -0.25) is 0 Å². The van der Waals surface area contributed by atoms with Crippen LogP contribution in [0.1, 0.15) is 18.9 Å². The molecule has 1 aromatic heterocycles. The fraction of sp³-hybridized carbons (Fsp3) is 0.286. The van der Waals surface area contributed by atoms with Crippen molar-refractivity contribution in [2.24, 2.45) is 5.73 Å². The molecule has 0 spiro atoms. The zero-order valence-electron chi connectivity index (χ0n) is 10.4.